The molecule has 19 heavy (non-hydrogen) atoms. The van der Waals surface area contributed by atoms with Crippen molar-refractivity contribution in [3.63, 3.8) is 0 Å². The summed E-state index contributed by atoms with van der Waals surface area (Å²) in [6.45, 7) is 6.34. The van der Waals surface area contributed by atoms with Crippen molar-refractivity contribution in [1.29, 1.82) is 0 Å². The van der Waals surface area contributed by atoms with Gasteiger partial charge in [-0.1, -0.05) is 75.4 Å². The van der Waals surface area contributed by atoms with E-state index in [0.717, 1.165) is 11.3 Å². The average molecular weight is 252 g/mol. The summed E-state index contributed by atoms with van der Waals surface area (Å²) in [5, 5.41) is 3.95. The Morgan fingerprint density at radius 3 is 1.84 bits per heavy atom. The fraction of sp³-hybridized carbons (Fsp3) is 0.235. The maximum atomic E-state index is 5.53. The lowest BCUT2D eigenvalue weighted by atomic mass is 9.85. The molecule has 2 N–H and O–H groups in total. The van der Waals surface area contributed by atoms with Gasteiger partial charge in [-0.25, -0.2) is 0 Å². The number of rotatable bonds is 2. The van der Waals surface area contributed by atoms with E-state index in [-0.39, 0.29) is 5.41 Å². The van der Waals surface area contributed by atoms with Crippen molar-refractivity contribution < 1.29 is 0 Å². The maximum Gasteiger partial charge on any atom is 0.0726 e. The zero-order valence-electron chi connectivity index (χ0n) is 11.7. The monoisotopic (exact) mass is 252 g/mol. The number of hydrogen-bond donors (Lipinski definition) is 1. The van der Waals surface area contributed by atoms with Crippen LogP contribution in [0, 0.1) is 5.41 Å². The lowest BCUT2D eigenvalue weighted by Gasteiger charge is -2.21. The quantitative estimate of drug-likeness (QED) is 0.488. The van der Waals surface area contributed by atoms with Crippen LogP contribution in [-0.4, -0.2) is 5.71 Å². The number of hydrazone groups is 1. The van der Waals surface area contributed by atoms with Gasteiger partial charge in [0.05, 0.1) is 5.71 Å². The minimum absolute atomic E-state index is 0.0526. The molecule has 2 rings (SSSR count). The summed E-state index contributed by atoms with van der Waals surface area (Å²) in [6.07, 6.45) is 0. The molecule has 0 bridgehead atoms. The summed E-state index contributed by atoms with van der Waals surface area (Å²) >= 11 is 0. The molecule has 0 saturated carbocycles. The largest absolute Gasteiger partial charge is 0.323 e. The molecule has 0 radical (unpaired) electrons. The number of nitrogens with two attached hydrogens (primary N) is 1. The third-order valence-corrected chi connectivity index (χ3v) is 3.10. The molecule has 0 aliphatic rings. The molecule has 2 aromatic carbocycles. The van der Waals surface area contributed by atoms with Gasteiger partial charge in [0.1, 0.15) is 0 Å². The minimum Gasteiger partial charge on any atom is -0.323 e. The molecule has 0 saturated heterocycles. The number of nitrogens with zero attached hydrogens (tertiary/aromatic N) is 1. The first-order valence-corrected chi connectivity index (χ1v) is 6.46. The Bertz CT molecular complexity index is 560. The topological polar surface area (TPSA) is 38.4 Å². The van der Waals surface area contributed by atoms with Crippen LogP contribution in [0.5, 0.6) is 0 Å². The molecule has 0 fully saturated rings. The first kappa shape index (κ1) is 13.3. The zero-order chi connectivity index (χ0) is 13.9. The van der Waals surface area contributed by atoms with Gasteiger partial charge in [-0.3, -0.25) is 0 Å². The van der Waals surface area contributed by atoms with Crippen molar-refractivity contribution in [1.82, 2.24) is 0 Å². The molecule has 0 atom stereocenters. The normalized spacial score (nSPS) is 12.5. The van der Waals surface area contributed by atoms with Crippen LogP contribution in [0.25, 0.3) is 11.1 Å². The molecule has 2 aromatic rings. The van der Waals surface area contributed by atoms with E-state index in [1.807, 2.05) is 18.2 Å². The molecule has 0 amide bonds. The van der Waals surface area contributed by atoms with E-state index in [9.17, 15) is 0 Å². The fourth-order valence-electron chi connectivity index (χ4n) is 2.15. The Morgan fingerprint density at radius 2 is 1.37 bits per heavy atom. The molecule has 0 heterocycles. The molecule has 2 heteroatoms. The summed E-state index contributed by atoms with van der Waals surface area (Å²) in [7, 11) is 0. The average Bonchev–Trinajstić information content (AvgIpc) is 2.40. The first-order valence-electron chi connectivity index (χ1n) is 6.46. The van der Waals surface area contributed by atoms with Crippen molar-refractivity contribution in [2.75, 3.05) is 0 Å². The van der Waals surface area contributed by atoms with Gasteiger partial charge in [-0.2, -0.15) is 5.10 Å². The predicted molar refractivity (Wildman–Crippen MR) is 82.1 cm³/mol. The van der Waals surface area contributed by atoms with Gasteiger partial charge < -0.3 is 5.84 Å². The van der Waals surface area contributed by atoms with Crippen LogP contribution in [0.4, 0.5) is 0 Å². The van der Waals surface area contributed by atoms with Crippen LogP contribution >= 0.6 is 0 Å². The molecular formula is C17H20N2. The second kappa shape index (κ2) is 5.27. The Kier molecular flexibility index (Phi) is 3.70. The molecule has 0 aromatic heterocycles. The summed E-state index contributed by atoms with van der Waals surface area (Å²) in [4.78, 5) is 0. The smallest absolute Gasteiger partial charge is 0.0726 e. The number of benzene rings is 2. The highest BCUT2D eigenvalue weighted by Crippen LogP contribution is 2.24. The second-order valence-electron chi connectivity index (χ2n) is 5.67. The van der Waals surface area contributed by atoms with Crippen LogP contribution in [0.1, 0.15) is 26.3 Å². The van der Waals surface area contributed by atoms with Crippen molar-refractivity contribution in [2.45, 2.75) is 20.8 Å². The van der Waals surface area contributed by atoms with Crippen LogP contribution in [0.3, 0.4) is 0 Å². The Morgan fingerprint density at radius 1 is 0.842 bits per heavy atom. The van der Waals surface area contributed by atoms with Crippen molar-refractivity contribution in [3.8, 4) is 11.1 Å². The van der Waals surface area contributed by atoms with Crippen LogP contribution in [-0.2, 0) is 0 Å². The van der Waals surface area contributed by atoms with Crippen molar-refractivity contribution in [2.24, 2.45) is 16.4 Å². The summed E-state index contributed by atoms with van der Waals surface area (Å²) < 4.78 is 0. The van der Waals surface area contributed by atoms with E-state index in [0.29, 0.717) is 0 Å². The summed E-state index contributed by atoms with van der Waals surface area (Å²) in [6, 6.07) is 18.7. The highest BCUT2D eigenvalue weighted by molar-refractivity contribution is 6.04. The van der Waals surface area contributed by atoms with E-state index in [4.69, 9.17) is 5.84 Å². The molecule has 98 valence electrons. The third-order valence-electron chi connectivity index (χ3n) is 3.10. The first-order chi connectivity index (χ1) is 9.02. The minimum atomic E-state index is -0.0526. The molecular weight excluding hydrogens is 232 g/mol. The van der Waals surface area contributed by atoms with Crippen LogP contribution < -0.4 is 5.84 Å². The number of hydrogen-bond acceptors (Lipinski definition) is 2. The van der Waals surface area contributed by atoms with Gasteiger partial charge in [0.25, 0.3) is 0 Å². The predicted octanol–water partition coefficient (Wildman–Crippen LogP) is 4.06. The SMILES string of the molecule is CC(C)(C)/C(=N\N)c1ccc(-c2ccccc2)cc1. The molecule has 2 nitrogen and oxygen atoms in total. The van der Waals surface area contributed by atoms with Crippen molar-refractivity contribution >= 4 is 5.71 Å². The van der Waals surface area contributed by atoms with E-state index in [1.165, 1.54) is 11.1 Å². The highest BCUT2D eigenvalue weighted by Gasteiger charge is 2.20. The molecule has 0 spiro atoms. The molecule has 0 aliphatic heterocycles. The van der Waals surface area contributed by atoms with Gasteiger partial charge >= 0.3 is 0 Å². The zero-order valence-corrected chi connectivity index (χ0v) is 11.7. The maximum absolute atomic E-state index is 5.53. The van der Waals surface area contributed by atoms with Gasteiger partial charge in [-0.15, -0.1) is 0 Å². The lowest BCUT2D eigenvalue weighted by molar-refractivity contribution is 0.589. The van der Waals surface area contributed by atoms with E-state index >= 15 is 0 Å². The summed E-state index contributed by atoms with van der Waals surface area (Å²) in [5.74, 6) is 5.53. The summed E-state index contributed by atoms with van der Waals surface area (Å²) in [5.41, 5.74) is 4.37. The Balaban J connectivity index is 2.34. The standard InChI is InChI=1S/C17H20N2/c1-17(2,3)16(19-18)15-11-9-14(10-12-15)13-7-5-4-6-8-13/h4-12H,18H2,1-3H3/b19-16-. The van der Waals surface area contributed by atoms with Gasteiger partial charge in [0, 0.05) is 5.41 Å². The molecule has 0 unspecified atom stereocenters. The Hall–Kier alpha value is -2.09. The molecule has 0 aliphatic carbocycles. The van der Waals surface area contributed by atoms with E-state index < -0.39 is 0 Å². The van der Waals surface area contributed by atoms with Crippen molar-refractivity contribution in [3.05, 3.63) is 60.2 Å². The van der Waals surface area contributed by atoms with Gasteiger partial charge in [-0.05, 0) is 16.7 Å². The van der Waals surface area contributed by atoms with E-state index in [1.54, 1.807) is 0 Å². The second-order valence-corrected chi connectivity index (χ2v) is 5.67. The van der Waals surface area contributed by atoms with E-state index in [2.05, 4.69) is 62.3 Å². The highest BCUT2D eigenvalue weighted by atomic mass is 15.1. The third kappa shape index (κ3) is 3.02. The Labute approximate surface area is 115 Å². The van der Waals surface area contributed by atoms with Crippen LogP contribution in [0.2, 0.25) is 0 Å². The fourth-order valence-corrected chi connectivity index (χ4v) is 2.15. The van der Waals surface area contributed by atoms with Gasteiger partial charge in [0.15, 0.2) is 0 Å². The van der Waals surface area contributed by atoms with Crippen LogP contribution in [0.15, 0.2) is 59.7 Å². The van der Waals surface area contributed by atoms with Gasteiger partial charge in [0.2, 0.25) is 0 Å². The lowest BCUT2D eigenvalue weighted by Crippen LogP contribution is -2.22.